The Morgan fingerprint density at radius 2 is 2.41 bits per heavy atom. The molecule has 0 fully saturated rings. The van der Waals surface area contributed by atoms with E-state index in [1.807, 2.05) is 13.1 Å². The number of hydrogen-bond acceptors (Lipinski definition) is 6. The van der Waals surface area contributed by atoms with Crippen LogP contribution in [-0.4, -0.2) is 46.8 Å². The summed E-state index contributed by atoms with van der Waals surface area (Å²) >= 11 is 1.09. The van der Waals surface area contributed by atoms with Crippen LogP contribution >= 0.6 is 11.8 Å². The first kappa shape index (κ1) is 11.6. The lowest BCUT2D eigenvalue weighted by molar-refractivity contribution is -0.133. The van der Waals surface area contributed by atoms with Gasteiger partial charge in [-0.05, 0) is 16.5 Å². The van der Waals surface area contributed by atoms with Gasteiger partial charge in [0.05, 0.1) is 18.0 Å². The summed E-state index contributed by atoms with van der Waals surface area (Å²) in [5, 5.41) is 24.2. The first-order valence-electron chi connectivity index (χ1n) is 4.74. The van der Waals surface area contributed by atoms with Crippen LogP contribution in [0.5, 0.6) is 0 Å². The molecule has 2 rings (SSSR count). The molecule has 17 heavy (non-hydrogen) atoms. The van der Waals surface area contributed by atoms with E-state index in [-0.39, 0.29) is 5.75 Å². The first-order chi connectivity index (χ1) is 8.16. The number of thioether (sulfide) groups is 1. The summed E-state index contributed by atoms with van der Waals surface area (Å²) in [4.78, 5) is 10.5. The van der Waals surface area contributed by atoms with Crippen molar-refractivity contribution >= 4 is 17.7 Å². The molecule has 0 spiro atoms. The van der Waals surface area contributed by atoms with Gasteiger partial charge in [0, 0.05) is 13.2 Å². The number of carboxylic acids is 1. The summed E-state index contributed by atoms with van der Waals surface area (Å²) in [5.41, 5.74) is 0.939. The van der Waals surface area contributed by atoms with Crippen LogP contribution in [-0.2, 0) is 18.4 Å². The van der Waals surface area contributed by atoms with Gasteiger partial charge in [0.2, 0.25) is 5.16 Å². The predicted molar refractivity (Wildman–Crippen MR) is 58.5 cm³/mol. The lowest BCUT2D eigenvalue weighted by Crippen LogP contribution is -2.09. The van der Waals surface area contributed by atoms with Crippen LogP contribution in [0.1, 0.15) is 5.69 Å². The van der Waals surface area contributed by atoms with Gasteiger partial charge >= 0.3 is 5.97 Å². The Kier molecular flexibility index (Phi) is 3.38. The van der Waals surface area contributed by atoms with Crippen molar-refractivity contribution in [2.75, 3.05) is 5.75 Å². The zero-order valence-corrected chi connectivity index (χ0v) is 9.83. The van der Waals surface area contributed by atoms with Crippen molar-refractivity contribution in [2.24, 2.45) is 7.05 Å². The monoisotopic (exact) mass is 254 g/mol. The lowest BCUT2D eigenvalue weighted by atomic mass is 10.4. The molecule has 90 valence electrons. The van der Waals surface area contributed by atoms with E-state index in [4.69, 9.17) is 5.11 Å². The quantitative estimate of drug-likeness (QED) is 0.727. The van der Waals surface area contributed by atoms with E-state index < -0.39 is 5.97 Å². The normalized spacial score (nSPS) is 10.6. The van der Waals surface area contributed by atoms with Crippen LogP contribution in [0.4, 0.5) is 0 Å². The minimum Gasteiger partial charge on any atom is -0.481 e. The number of nitrogens with zero attached hydrogens (tertiary/aromatic N) is 6. The molecule has 0 bridgehead atoms. The number of hydrogen-bond donors (Lipinski definition) is 1. The van der Waals surface area contributed by atoms with Crippen molar-refractivity contribution < 1.29 is 9.90 Å². The van der Waals surface area contributed by atoms with Crippen molar-refractivity contribution in [1.29, 1.82) is 0 Å². The van der Waals surface area contributed by atoms with E-state index >= 15 is 0 Å². The smallest absolute Gasteiger partial charge is 0.313 e. The fourth-order valence-electron chi connectivity index (χ4n) is 1.24. The second-order valence-corrected chi connectivity index (χ2v) is 4.19. The van der Waals surface area contributed by atoms with E-state index in [0.29, 0.717) is 11.7 Å². The summed E-state index contributed by atoms with van der Waals surface area (Å²) in [6.45, 7) is 0.464. The van der Waals surface area contributed by atoms with Crippen molar-refractivity contribution in [2.45, 2.75) is 11.7 Å². The number of tetrazole rings is 1. The second-order valence-electron chi connectivity index (χ2n) is 3.25. The van der Waals surface area contributed by atoms with Gasteiger partial charge in [-0.15, -0.1) is 5.10 Å². The zero-order valence-electron chi connectivity index (χ0n) is 9.02. The maximum absolute atomic E-state index is 10.5. The molecular formula is C8H10N6O2S. The third-order valence-electron chi connectivity index (χ3n) is 2.06. The average Bonchev–Trinajstić information content (AvgIpc) is 2.87. The minimum atomic E-state index is -0.898. The third kappa shape index (κ3) is 2.81. The van der Waals surface area contributed by atoms with Crippen molar-refractivity contribution in [1.82, 2.24) is 30.0 Å². The summed E-state index contributed by atoms with van der Waals surface area (Å²) in [6.07, 6.45) is 1.68. The van der Waals surface area contributed by atoms with E-state index in [1.54, 1.807) is 15.6 Å². The number of aryl methyl sites for hydroxylation is 1. The van der Waals surface area contributed by atoms with Gasteiger partial charge < -0.3 is 5.11 Å². The first-order valence-corrected chi connectivity index (χ1v) is 5.73. The Balaban J connectivity index is 2.09. The van der Waals surface area contributed by atoms with Crippen LogP contribution in [0.15, 0.2) is 17.4 Å². The van der Waals surface area contributed by atoms with E-state index in [0.717, 1.165) is 17.5 Å². The predicted octanol–water partition coefficient (Wildman–Crippen LogP) is -0.368. The standard InChI is InChI=1S/C8H10N6O2S/c1-13-6(2-3-9-13)4-14-8(10-11-12-14)17-5-7(15)16/h2-3H,4-5H2,1H3,(H,15,16). The van der Waals surface area contributed by atoms with Gasteiger partial charge in [0.1, 0.15) is 0 Å². The summed E-state index contributed by atoms with van der Waals surface area (Å²) in [7, 11) is 1.82. The summed E-state index contributed by atoms with van der Waals surface area (Å²) in [6, 6.07) is 1.85. The molecule has 0 unspecified atom stereocenters. The van der Waals surface area contributed by atoms with Crippen LogP contribution < -0.4 is 0 Å². The molecule has 2 heterocycles. The molecule has 0 aromatic carbocycles. The van der Waals surface area contributed by atoms with Gasteiger partial charge in [-0.25, -0.2) is 4.68 Å². The molecule has 1 N–H and O–H groups in total. The van der Waals surface area contributed by atoms with Gasteiger partial charge in [0.15, 0.2) is 0 Å². The second kappa shape index (κ2) is 4.95. The maximum Gasteiger partial charge on any atom is 0.313 e. The molecule has 8 nitrogen and oxygen atoms in total. The lowest BCUT2D eigenvalue weighted by Gasteiger charge is -2.03. The molecule has 0 aliphatic carbocycles. The van der Waals surface area contributed by atoms with Crippen molar-refractivity contribution in [3.05, 3.63) is 18.0 Å². The number of rotatable bonds is 5. The van der Waals surface area contributed by atoms with Gasteiger partial charge in [0.25, 0.3) is 0 Å². The molecule has 0 atom stereocenters. The van der Waals surface area contributed by atoms with Crippen LogP contribution in [0, 0.1) is 0 Å². The van der Waals surface area contributed by atoms with E-state index in [2.05, 4.69) is 20.6 Å². The number of aliphatic carboxylic acids is 1. The molecule has 0 amide bonds. The van der Waals surface area contributed by atoms with E-state index in [9.17, 15) is 4.79 Å². The minimum absolute atomic E-state index is 0.0637. The van der Waals surface area contributed by atoms with Crippen LogP contribution in [0.2, 0.25) is 0 Å². The molecule has 0 saturated heterocycles. The fraction of sp³-hybridized carbons (Fsp3) is 0.375. The molecule has 2 aromatic rings. The largest absolute Gasteiger partial charge is 0.481 e. The Morgan fingerprint density at radius 1 is 1.59 bits per heavy atom. The highest BCUT2D eigenvalue weighted by Gasteiger charge is 2.10. The zero-order chi connectivity index (χ0) is 12.3. The Bertz CT molecular complexity index is 522. The van der Waals surface area contributed by atoms with Gasteiger partial charge in [-0.3, -0.25) is 9.48 Å². The van der Waals surface area contributed by atoms with Crippen LogP contribution in [0.25, 0.3) is 0 Å². The summed E-state index contributed by atoms with van der Waals surface area (Å²) < 4.78 is 3.26. The molecule has 9 heteroatoms. The van der Waals surface area contributed by atoms with Crippen molar-refractivity contribution in [3.63, 3.8) is 0 Å². The third-order valence-corrected chi connectivity index (χ3v) is 3.00. The molecular weight excluding hydrogens is 244 g/mol. The topological polar surface area (TPSA) is 98.7 Å². The number of carboxylic acid groups (broad SMARTS) is 1. The van der Waals surface area contributed by atoms with Crippen LogP contribution in [0.3, 0.4) is 0 Å². The Labute approximate surface area is 101 Å². The molecule has 0 aliphatic heterocycles. The highest BCUT2D eigenvalue weighted by atomic mass is 32.2. The Morgan fingerprint density at radius 3 is 3.06 bits per heavy atom. The van der Waals surface area contributed by atoms with Gasteiger partial charge in [-0.1, -0.05) is 11.8 Å². The molecule has 0 saturated carbocycles. The maximum atomic E-state index is 10.5. The number of aromatic nitrogens is 6. The fourth-order valence-corrected chi connectivity index (χ4v) is 1.83. The highest BCUT2D eigenvalue weighted by molar-refractivity contribution is 7.99. The Hall–Kier alpha value is -1.90. The highest BCUT2D eigenvalue weighted by Crippen LogP contribution is 2.14. The van der Waals surface area contributed by atoms with Gasteiger partial charge in [-0.2, -0.15) is 5.10 Å². The average molecular weight is 254 g/mol. The van der Waals surface area contributed by atoms with Crippen molar-refractivity contribution in [3.8, 4) is 0 Å². The number of carbonyl (C=O) groups is 1. The molecule has 2 aromatic heterocycles. The summed E-state index contributed by atoms with van der Waals surface area (Å²) in [5.74, 6) is -0.962. The SMILES string of the molecule is Cn1nccc1Cn1nnnc1SCC(=O)O. The molecule has 0 aliphatic rings. The van der Waals surface area contributed by atoms with E-state index in [1.165, 1.54) is 0 Å². The molecule has 0 radical (unpaired) electrons.